The number of rotatable bonds is 5. The Bertz CT molecular complexity index is 468. The number of nitrogens with zero attached hydrogens (tertiary/aromatic N) is 3. The summed E-state index contributed by atoms with van der Waals surface area (Å²) >= 11 is 0. The van der Waals surface area contributed by atoms with Crippen molar-refractivity contribution in [1.29, 1.82) is 0 Å². The Morgan fingerprint density at radius 2 is 2.20 bits per heavy atom. The number of nitrogens with one attached hydrogen (secondary N) is 1. The lowest BCUT2D eigenvalue weighted by atomic mass is 9.80. The van der Waals surface area contributed by atoms with E-state index in [0.29, 0.717) is 26.1 Å². The van der Waals surface area contributed by atoms with Crippen LogP contribution >= 0.6 is 0 Å². The van der Waals surface area contributed by atoms with Crippen LogP contribution in [-0.4, -0.2) is 51.5 Å². The van der Waals surface area contributed by atoms with E-state index in [1.165, 1.54) is 17.3 Å². The number of hydrogen-bond acceptors (Lipinski definition) is 5. The molecule has 110 valence electrons. The summed E-state index contributed by atoms with van der Waals surface area (Å²) in [4.78, 5) is 27.3. The predicted molar refractivity (Wildman–Crippen MR) is 67.9 cm³/mol. The second-order valence-corrected chi connectivity index (χ2v) is 4.97. The highest BCUT2D eigenvalue weighted by Crippen LogP contribution is 2.30. The zero-order chi connectivity index (χ0) is 14.6. The van der Waals surface area contributed by atoms with Crippen LogP contribution in [0.2, 0.25) is 0 Å². The summed E-state index contributed by atoms with van der Waals surface area (Å²) in [7, 11) is 0. The minimum Gasteiger partial charge on any atom is -0.481 e. The van der Waals surface area contributed by atoms with Crippen molar-refractivity contribution in [3.05, 3.63) is 12.7 Å². The van der Waals surface area contributed by atoms with E-state index in [9.17, 15) is 14.7 Å². The highest BCUT2D eigenvalue weighted by atomic mass is 16.5. The lowest BCUT2D eigenvalue weighted by Gasteiger charge is -2.33. The number of carboxylic acids is 1. The number of aliphatic carboxylic acids is 1. The molecule has 2 rings (SSSR count). The molecule has 8 nitrogen and oxygen atoms in total. The molecule has 0 bridgehead atoms. The van der Waals surface area contributed by atoms with Gasteiger partial charge in [-0.2, -0.15) is 5.10 Å². The van der Waals surface area contributed by atoms with Gasteiger partial charge in [0.2, 0.25) is 5.91 Å². The second kappa shape index (κ2) is 6.00. The highest BCUT2D eigenvalue weighted by molar-refractivity contribution is 5.81. The monoisotopic (exact) mass is 282 g/mol. The van der Waals surface area contributed by atoms with Crippen molar-refractivity contribution in [3.8, 4) is 0 Å². The van der Waals surface area contributed by atoms with Gasteiger partial charge in [-0.1, -0.05) is 0 Å². The number of carboxylic acid groups (broad SMARTS) is 1. The summed E-state index contributed by atoms with van der Waals surface area (Å²) in [6.45, 7) is 2.59. The van der Waals surface area contributed by atoms with Gasteiger partial charge in [-0.25, -0.2) is 9.67 Å². The molecule has 0 spiro atoms. The smallest absolute Gasteiger partial charge is 0.311 e. The largest absolute Gasteiger partial charge is 0.481 e. The molecule has 1 saturated heterocycles. The summed E-state index contributed by atoms with van der Waals surface area (Å²) in [5, 5.41) is 16.0. The van der Waals surface area contributed by atoms with Gasteiger partial charge in [0.15, 0.2) is 0 Å². The summed E-state index contributed by atoms with van der Waals surface area (Å²) in [5.74, 6) is -1.17. The Morgan fingerprint density at radius 3 is 2.75 bits per heavy atom. The van der Waals surface area contributed by atoms with Gasteiger partial charge in [-0.3, -0.25) is 9.59 Å². The van der Waals surface area contributed by atoms with Crippen molar-refractivity contribution in [2.45, 2.75) is 25.8 Å². The number of carbonyl (C=O) groups excluding carboxylic acids is 1. The number of aromatic nitrogens is 3. The molecule has 0 aliphatic carbocycles. The Kier molecular flexibility index (Phi) is 4.33. The SMILES string of the molecule is CC(C(=O)NCC1(C(=O)O)CCOCC1)n1cncn1. The zero-order valence-electron chi connectivity index (χ0n) is 11.3. The maximum Gasteiger partial charge on any atom is 0.311 e. The van der Waals surface area contributed by atoms with Gasteiger partial charge < -0.3 is 15.2 Å². The summed E-state index contributed by atoms with van der Waals surface area (Å²) < 4.78 is 6.61. The van der Waals surface area contributed by atoms with Crippen LogP contribution in [0.5, 0.6) is 0 Å². The first-order valence-corrected chi connectivity index (χ1v) is 6.48. The summed E-state index contributed by atoms with van der Waals surface area (Å²) in [6.07, 6.45) is 3.60. The lowest BCUT2D eigenvalue weighted by Crippen LogP contribution is -2.47. The molecule has 1 aromatic rings. The van der Waals surface area contributed by atoms with Crippen molar-refractivity contribution in [2.24, 2.45) is 5.41 Å². The quantitative estimate of drug-likeness (QED) is 0.777. The van der Waals surface area contributed by atoms with E-state index >= 15 is 0 Å². The minimum absolute atomic E-state index is 0.101. The highest BCUT2D eigenvalue weighted by Gasteiger charge is 2.40. The molecule has 2 heterocycles. The minimum atomic E-state index is -0.935. The van der Waals surface area contributed by atoms with Crippen molar-refractivity contribution in [3.63, 3.8) is 0 Å². The van der Waals surface area contributed by atoms with Crippen LogP contribution in [0.4, 0.5) is 0 Å². The predicted octanol–water partition coefficient (Wildman–Crippen LogP) is -0.163. The molecule has 1 aliphatic rings. The van der Waals surface area contributed by atoms with E-state index in [1.54, 1.807) is 6.92 Å². The molecule has 20 heavy (non-hydrogen) atoms. The van der Waals surface area contributed by atoms with Crippen LogP contribution in [0, 0.1) is 5.41 Å². The standard InChI is InChI=1S/C12H18N4O4/c1-9(16-8-13-7-15-16)10(17)14-6-12(11(18)19)2-4-20-5-3-12/h7-9H,2-6H2,1H3,(H,14,17)(H,18,19). The molecule has 1 fully saturated rings. The van der Waals surface area contributed by atoms with E-state index in [2.05, 4.69) is 15.4 Å². The van der Waals surface area contributed by atoms with Crippen LogP contribution in [0.15, 0.2) is 12.7 Å². The molecule has 8 heteroatoms. The van der Waals surface area contributed by atoms with Crippen LogP contribution in [-0.2, 0) is 14.3 Å². The lowest BCUT2D eigenvalue weighted by molar-refractivity contribution is -0.154. The fraction of sp³-hybridized carbons (Fsp3) is 0.667. The molecule has 0 saturated carbocycles. The maximum absolute atomic E-state index is 12.0. The molecule has 1 aliphatic heterocycles. The fourth-order valence-electron chi connectivity index (χ4n) is 2.17. The number of carbonyl (C=O) groups is 2. The van der Waals surface area contributed by atoms with Gasteiger partial charge in [0.05, 0.1) is 5.41 Å². The third kappa shape index (κ3) is 2.96. The average Bonchev–Trinajstić information content (AvgIpc) is 2.99. The van der Waals surface area contributed by atoms with Crippen molar-refractivity contribution in [2.75, 3.05) is 19.8 Å². The first kappa shape index (κ1) is 14.4. The Hall–Kier alpha value is -1.96. The maximum atomic E-state index is 12.0. The van der Waals surface area contributed by atoms with E-state index < -0.39 is 17.4 Å². The third-order valence-corrected chi connectivity index (χ3v) is 3.72. The molecule has 1 aromatic heterocycles. The number of hydrogen-bond donors (Lipinski definition) is 2. The first-order valence-electron chi connectivity index (χ1n) is 6.48. The van der Waals surface area contributed by atoms with E-state index in [4.69, 9.17) is 4.74 Å². The normalized spacial score (nSPS) is 19.2. The molecule has 1 unspecified atom stereocenters. The average molecular weight is 282 g/mol. The van der Waals surface area contributed by atoms with Gasteiger partial charge in [0.25, 0.3) is 0 Å². The Labute approximate surface area is 116 Å². The number of amides is 1. The van der Waals surface area contributed by atoms with Crippen molar-refractivity contribution in [1.82, 2.24) is 20.1 Å². The van der Waals surface area contributed by atoms with Gasteiger partial charge in [0, 0.05) is 19.8 Å². The van der Waals surface area contributed by atoms with Crippen LogP contribution in [0.1, 0.15) is 25.8 Å². The topological polar surface area (TPSA) is 106 Å². The zero-order valence-corrected chi connectivity index (χ0v) is 11.3. The molecule has 2 N–H and O–H groups in total. The van der Waals surface area contributed by atoms with E-state index in [1.807, 2.05) is 0 Å². The molecular weight excluding hydrogens is 264 g/mol. The van der Waals surface area contributed by atoms with Gasteiger partial charge in [-0.05, 0) is 19.8 Å². The van der Waals surface area contributed by atoms with E-state index in [0.717, 1.165) is 0 Å². The second-order valence-electron chi connectivity index (χ2n) is 4.97. The summed E-state index contributed by atoms with van der Waals surface area (Å²) in [5.41, 5.74) is -0.935. The van der Waals surface area contributed by atoms with Crippen molar-refractivity contribution >= 4 is 11.9 Å². The third-order valence-electron chi connectivity index (χ3n) is 3.72. The van der Waals surface area contributed by atoms with Crippen LogP contribution < -0.4 is 5.32 Å². The van der Waals surface area contributed by atoms with Crippen molar-refractivity contribution < 1.29 is 19.4 Å². The molecule has 1 amide bonds. The molecule has 1 atom stereocenters. The van der Waals surface area contributed by atoms with Gasteiger partial charge in [0.1, 0.15) is 18.7 Å². The Balaban J connectivity index is 1.95. The van der Waals surface area contributed by atoms with Gasteiger partial charge >= 0.3 is 5.97 Å². The molecular formula is C12H18N4O4. The van der Waals surface area contributed by atoms with Crippen LogP contribution in [0.25, 0.3) is 0 Å². The Morgan fingerprint density at radius 1 is 1.50 bits per heavy atom. The fourth-order valence-corrected chi connectivity index (χ4v) is 2.17. The molecule has 0 aromatic carbocycles. The summed E-state index contributed by atoms with van der Waals surface area (Å²) in [6, 6.07) is -0.525. The molecule has 0 radical (unpaired) electrons. The first-order chi connectivity index (χ1) is 9.55. The van der Waals surface area contributed by atoms with Gasteiger partial charge in [-0.15, -0.1) is 0 Å². The van der Waals surface area contributed by atoms with E-state index in [-0.39, 0.29) is 12.5 Å². The number of ether oxygens (including phenoxy) is 1. The van der Waals surface area contributed by atoms with Crippen LogP contribution in [0.3, 0.4) is 0 Å².